The second kappa shape index (κ2) is 7.13. The third-order valence-electron chi connectivity index (χ3n) is 3.84. The lowest BCUT2D eigenvalue weighted by atomic mass is 10.1. The highest BCUT2D eigenvalue weighted by Crippen LogP contribution is 2.30. The van der Waals surface area contributed by atoms with Crippen LogP contribution < -0.4 is 5.69 Å². The van der Waals surface area contributed by atoms with Gasteiger partial charge in [-0.1, -0.05) is 0 Å². The van der Waals surface area contributed by atoms with Crippen molar-refractivity contribution in [2.75, 3.05) is 6.61 Å². The Morgan fingerprint density at radius 3 is 2.80 bits per heavy atom. The molecule has 0 radical (unpaired) electrons. The highest BCUT2D eigenvalue weighted by molar-refractivity contribution is 5.95. The van der Waals surface area contributed by atoms with Crippen LogP contribution in [0.15, 0.2) is 35.4 Å². The first-order valence-electron chi connectivity index (χ1n) is 7.48. The molecule has 9 nitrogen and oxygen atoms in total. The lowest BCUT2D eigenvalue weighted by Gasteiger charge is -2.15. The zero-order valence-electron chi connectivity index (χ0n) is 12.9. The van der Waals surface area contributed by atoms with Gasteiger partial charge >= 0.3 is 5.69 Å². The molecular formula is C15H15FN4O5. The van der Waals surface area contributed by atoms with Crippen LogP contribution in [-0.4, -0.2) is 60.7 Å². The molecule has 1 saturated heterocycles. The Morgan fingerprint density at radius 1 is 1.40 bits per heavy atom. The predicted molar refractivity (Wildman–Crippen MR) is 80.5 cm³/mol. The maximum atomic E-state index is 14.1. The number of carbonyl (C=O) groups excluding carboxylic acids is 1. The van der Waals surface area contributed by atoms with Gasteiger partial charge in [-0.25, -0.2) is 9.18 Å². The van der Waals surface area contributed by atoms with E-state index in [0.717, 1.165) is 4.57 Å². The number of nitrogens with zero attached hydrogens (tertiary/aromatic N) is 4. The van der Waals surface area contributed by atoms with Crippen molar-refractivity contribution in [1.82, 2.24) is 19.7 Å². The average molecular weight is 350 g/mol. The summed E-state index contributed by atoms with van der Waals surface area (Å²) >= 11 is 0. The van der Waals surface area contributed by atoms with E-state index >= 15 is 0 Å². The lowest BCUT2D eigenvalue weighted by molar-refractivity contribution is -0.0491. The Morgan fingerprint density at radius 2 is 2.20 bits per heavy atom. The van der Waals surface area contributed by atoms with Crippen molar-refractivity contribution in [2.45, 2.75) is 31.0 Å². The third-order valence-corrected chi connectivity index (χ3v) is 3.84. The molecule has 132 valence electrons. The topological polar surface area (TPSA) is 127 Å². The number of ketones is 1. The predicted octanol–water partition coefficient (Wildman–Crippen LogP) is -0.953. The number of aliphatic hydroxyl groups excluding tert-OH is 2. The van der Waals surface area contributed by atoms with E-state index in [1.165, 1.54) is 24.5 Å². The summed E-state index contributed by atoms with van der Waals surface area (Å²) in [6, 6.07) is 4.44. The maximum Gasteiger partial charge on any atom is 0.350 e. The van der Waals surface area contributed by atoms with Crippen LogP contribution in [-0.2, 0) is 11.2 Å². The van der Waals surface area contributed by atoms with Crippen LogP contribution in [0.1, 0.15) is 22.4 Å². The summed E-state index contributed by atoms with van der Waals surface area (Å²) in [5.41, 5.74) is -0.502. The number of hydrogen-bond donors (Lipinski definition) is 2. The van der Waals surface area contributed by atoms with Crippen molar-refractivity contribution < 1.29 is 24.1 Å². The minimum absolute atomic E-state index is 0.144. The fourth-order valence-corrected chi connectivity index (χ4v) is 2.52. The van der Waals surface area contributed by atoms with Gasteiger partial charge in [0.1, 0.15) is 17.9 Å². The Hall–Kier alpha value is -2.56. The molecule has 3 heterocycles. The summed E-state index contributed by atoms with van der Waals surface area (Å²) in [4.78, 5) is 27.9. The molecule has 4 atom stereocenters. The molecule has 0 unspecified atom stereocenters. The normalized spacial score (nSPS) is 25.9. The van der Waals surface area contributed by atoms with Gasteiger partial charge < -0.3 is 14.9 Å². The molecule has 0 amide bonds. The molecule has 1 aliphatic rings. The first-order chi connectivity index (χ1) is 12.0. The Balaban J connectivity index is 1.78. The van der Waals surface area contributed by atoms with Gasteiger partial charge in [0, 0.05) is 12.4 Å². The average Bonchev–Trinajstić information content (AvgIpc) is 2.91. The van der Waals surface area contributed by atoms with Crippen molar-refractivity contribution >= 4 is 5.78 Å². The first-order valence-corrected chi connectivity index (χ1v) is 7.48. The highest BCUT2D eigenvalue weighted by Gasteiger charge is 2.45. The third kappa shape index (κ3) is 3.45. The molecular weight excluding hydrogens is 335 g/mol. The number of carbonyl (C=O) groups is 1. The van der Waals surface area contributed by atoms with Crippen molar-refractivity contribution in [1.29, 1.82) is 0 Å². The van der Waals surface area contributed by atoms with Gasteiger partial charge in [0.05, 0.1) is 18.7 Å². The van der Waals surface area contributed by atoms with E-state index in [1.54, 1.807) is 6.07 Å². The number of halogens is 1. The Bertz CT molecular complexity index is 815. The molecule has 2 aromatic heterocycles. The molecule has 2 N–H and O–H groups in total. The monoisotopic (exact) mass is 350 g/mol. The molecule has 10 heteroatoms. The van der Waals surface area contributed by atoms with Crippen molar-refractivity contribution in [3.05, 3.63) is 52.5 Å². The highest BCUT2D eigenvalue weighted by atomic mass is 19.1. The smallest absolute Gasteiger partial charge is 0.350 e. The largest absolute Gasteiger partial charge is 0.394 e. The number of Topliss-reactive ketones (excluding diaryl/α,β-unsaturated/α-hetero) is 1. The standard InChI is InChI=1S/C15H15FN4O5/c16-12-13(23)11(7-21)25-14(12)20-5-3-8(18-15(20)24)6-10(22)9-2-1-4-17-19-9/h1-5,11-14,21,23H,6-7H2/t11-,12-,13-,14-/m1/s1. The summed E-state index contributed by atoms with van der Waals surface area (Å²) < 4.78 is 20.1. The van der Waals surface area contributed by atoms with Gasteiger partial charge in [0.2, 0.25) is 0 Å². The molecule has 3 rings (SSSR count). The molecule has 25 heavy (non-hydrogen) atoms. The maximum absolute atomic E-state index is 14.1. The van der Waals surface area contributed by atoms with Gasteiger partial charge in [-0.05, 0) is 18.2 Å². The van der Waals surface area contributed by atoms with Crippen molar-refractivity contribution in [3.63, 3.8) is 0 Å². The zero-order chi connectivity index (χ0) is 18.0. The van der Waals surface area contributed by atoms with Crippen LogP contribution in [0.4, 0.5) is 4.39 Å². The Labute approximate surface area is 140 Å². The minimum Gasteiger partial charge on any atom is -0.394 e. The summed E-state index contributed by atoms with van der Waals surface area (Å²) in [6.45, 7) is -0.578. The summed E-state index contributed by atoms with van der Waals surface area (Å²) in [5.74, 6) is -0.367. The van der Waals surface area contributed by atoms with Gasteiger partial charge in [0.15, 0.2) is 18.2 Å². The molecule has 0 bridgehead atoms. The number of aliphatic hydroxyl groups is 2. The Kier molecular flexibility index (Phi) is 4.93. The molecule has 0 spiro atoms. The van der Waals surface area contributed by atoms with E-state index in [1.807, 2.05) is 0 Å². The van der Waals surface area contributed by atoms with E-state index in [4.69, 9.17) is 9.84 Å². The van der Waals surface area contributed by atoms with E-state index in [9.17, 15) is 19.1 Å². The molecule has 0 saturated carbocycles. The fraction of sp³-hybridized carbons (Fsp3) is 0.400. The summed E-state index contributed by atoms with van der Waals surface area (Å²) in [7, 11) is 0. The second-order valence-electron chi connectivity index (χ2n) is 5.50. The van der Waals surface area contributed by atoms with Gasteiger partial charge in [-0.3, -0.25) is 9.36 Å². The van der Waals surface area contributed by atoms with Crippen LogP contribution in [0.25, 0.3) is 0 Å². The molecule has 0 aromatic carbocycles. The number of aromatic nitrogens is 4. The number of hydrogen-bond acceptors (Lipinski definition) is 8. The fourth-order valence-electron chi connectivity index (χ4n) is 2.52. The van der Waals surface area contributed by atoms with Crippen LogP contribution in [0.2, 0.25) is 0 Å². The molecule has 1 aliphatic heterocycles. The summed E-state index contributed by atoms with van der Waals surface area (Å²) in [5, 5.41) is 25.9. The van der Waals surface area contributed by atoms with Gasteiger partial charge in [-0.2, -0.15) is 10.1 Å². The van der Waals surface area contributed by atoms with Gasteiger partial charge in [-0.15, -0.1) is 5.10 Å². The van der Waals surface area contributed by atoms with Gasteiger partial charge in [0.25, 0.3) is 0 Å². The van der Waals surface area contributed by atoms with Crippen molar-refractivity contribution in [2.24, 2.45) is 0 Å². The number of rotatable bonds is 5. The van der Waals surface area contributed by atoms with E-state index < -0.39 is 36.9 Å². The van der Waals surface area contributed by atoms with E-state index in [0.29, 0.717) is 0 Å². The SMILES string of the molecule is O=C(Cc1ccn([C@@H]2O[C@H](CO)[C@@H](O)[C@H]2F)c(=O)n1)c1cccnn1. The molecule has 2 aromatic rings. The van der Waals surface area contributed by atoms with E-state index in [2.05, 4.69) is 15.2 Å². The number of ether oxygens (including phenoxy) is 1. The summed E-state index contributed by atoms with van der Waals surface area (Å²) in [6.07, 6.45) is -3.44. The van der Waals surface area contributed by atoms with Crippen molar-refractivity contribution in [3.8, 4) is 0 Å². The molecule has 0 aliphatic carbocycles. The van der Waals surface area contributed by atoms with Crippen LogP contribution in [0.5, 0.6) is 0 Å². The molecule has 1 fully saturated rings. The number of alkyl halides is 1. The second-order valence-corrected chi connectivity index (χ2v) is 5.50. The quantitative estimate of drug-likeness (QED) is 0.661. The van der Waals surface area contributed by atoms with Crippen LogP contribution in [0, 0.1) is 0 Å². The first kappa shape index (κ1) is 17.3. The lowest BCUT2D eigenvalue weighted by Crippen LogP contribution is -2.33. The van der Waals surface area contributed by atoms with Crippen LogP contribution >= 0.6 is 0 Å². The van der Waals surface area contributed by atoms with E-state index in [-0.39, 0.29) is 23.6 Å². The minimum atomic E-state index is -1.89. The zero-order valence-corrected chi connectivity index (χ0v) is 12.9. The van der Waals surface area contributed by atoms with Crippen LogP contribution in [0.3, 0.4) is 0 Å².